The zero-order valence-electron chi connectivity index (χ0n) is 16.4. The molecule has 0 radical (unpaired) electrons. The van der Waals surface area contributed by atoms with E-state index in [1.165, 1.54) is 11.8 Å². The molecular formula is C22H19ClN4OS2. The maximum Gasteiger partial charge on any atom is 0.234 e. The molecule has 5 nitrogen and oxygen atoms in total. The molecule has 0 atom stereocenters. The lowest BCUT2D eigenvalue weighted by Crippen LogP contribution is -2.15. The Labute approximate surface area is 188 Å². The van der Waals surface area contributed by atoms with Gasteiger partial charge in [-0.05, 0) is 66.8 Å². The monoisotopic (exact) mass is 454 g/mol. The zero-order valence-corrected chi connectivity index (χ0v) is 18.8. The van der Waals surface area contributed by atoms with Crippen molar-refractivity contribution in [3.8, 4) is 16.4 Å². The van der Waals surface area contributed by atoms with Crippen molar-refractivity contribution in [3.63, 3.8) is 0 Å². The minimum atomic E-state index is -0.0861. The van der Waals surface area contributed by atoms with Gasteiger partial charge in [0.2, 0.25) is 5.91 Å². The van der Waals surface area contributed by atoms with Gasteiger partial charge in [0.25, 0.3) is 0 Å². The van der Waals surface area contributed by atoms with E-state index in [-0.39, 0.29) is 11.7 Å². The van der Waals surface area contributed by atoms with Gasteiger partial charge in [0, 0.05) is 16.4 Å². The first kappa shape index (κ1) is 20.7. The molecule has 0 aliphatic rings. The number of carbonyl (C=O) groups excluding carboxylic acids is 1. The molecule has 0 saturated heterocycles. The summed E-state index contributed by atoms with van der Waals surface area (Å²) in [6, 6.07) is 17.5. The molecule has 2 heterocycles. The summed E-state index contributed by atoms with van der Waals surface area (Å²) in [7, 11) is 0. The van der Waals surface area contributed by atoms with E-state index < -0.39 is 0 Å². The lowest BCUT2D eigenvalue weighted by atomic mass is 10.1. The first-order valence-electron chi connectivity index (χ1n) is 9.26. The molecule has 4 rings (SSSR count). The van der Waals surface area contributed by atoms with Crippen molar-refractivity contribution in [1.82, 2.24) is 14.8 Å². The molecule has 0 spiro atoms. The normalized spacial score (nSPS) is 10.9. The van der Waals surface area contributed by atoms with Crippen LogP contribution in [-0.2, 0) is 4.79 Å². The summed E-state index contributed by atoms with van der Waals surface area (Å²) >= 11 is 9.00. The van der Waals surface area contributed by atoms with Crippen LogP contribution in [0.25, 0.3) is 16.4 Å². The number of benzene rings is 2. The topological polar surface area (TPSA) is 59.8 Å². The van der Waals surface area contributed by atoms with Crippen molar-refractivity contribution in [1.29, 1.82) is 0 Å². The number of carbonyl (C=O) groups is 1. The molecule has 8 heteroatoms. The minimum Gasteiger partial charge on any atom is -0.325 e. The molecular weight excluding hydrogens is 436 g/mol. The minimum absolute atomic E-state index is 0.0861. The van der Waals surface area contributed by atoms with Gasteiger partial charge in [0.05, 0.1) is 10.6 Å². The largest absolute Gasteiger partial charge is 0.325 e. The highest BCUT2D eigenvalue weighted by atomic mass is 35.5. The number of nitrogens with zero attached hydrogens (tertiary/aromatic N) is 3. The van der Waals surface area contributed by atoms with Crippen LogP contribution in [0.1, 0.15) is 11.1 Å². The molecule has 152 valence electrons. The van der Waals surface area contributed by atoms with Crippen molar-refractivity contribution in [3.05, 3.63) is 76.1 Å². The van der Waals surface area contributed by atoms with E-state index in [0.717, 1.165) is 33.2 Å². The number of hydrogen-bond donors (Lipinski definition) is 1. The van der Waals surface area contributed by atoms with Gasteiger partial charge in [-0.3, -0.25) is 9.36 Å². The summed E-state index contributed by atoms with van der Waals surface area (Å²) in [6.45, 7) is 3.98. The highest BCUT2D eigenvalue weighted by Gasteiger charge is 2.18. The number of hydrogen-bond acceptors (Lipinski definition) is 5. The average Bonchev–Trinajstić information content (AvgIpc) is 3.39. The Morgan fingerprint density at radius 1 is 1.13 bits per heavy atom. The molecule has 1 N–H and O–H groups in total. The number of thioether (sulfide) groups is 1. The summed E-state index contributed by atoms with van der Waals surface area (Å²) in [5, 5.41) is 15.0. The fourth-order valence-corrected chi connectivity index (χ4v) is 4.51. The number of aromatic nitrogens is 3. The Morgan fingerprint density at radius 3 is 2.67 bits per heavy atom. The van der Waals surface area contributed by atoms with Crippen LogP contribution in [-0.4, -0.2) is 26.4 Å². The predicted octanol–water partition coefficient (Wildman–Crippen LogP) is 6.00. The number of thiophene rings is 1. The molecule has 0 unspecified atom stereocenters. The quantitative estimate of drug-likeness (QED) is 0.363. The van der Waals surface area contributed by atoms with Gasteiger partial charge in [-0.25, -0.2) is 0 Å². The third-order valence-corrected chi connectivity index (χ3v) is 6.51. The first-order valence-corrected chi connectivity index (χ1v) is 11.5. The van der Waals surface area contributed by atoms with E-state index in [1.54, 1.807) is 11.3 Å². The fourth-order valence-electron chi connectivity index (χ4n) is 2.94. The van der Waals surface area contributed by atoms with Crippen LogP contribution in [0.3, 0.4) is 0 Å². The molecule has 0 saturated carbocycles. The second-order valence-electron chi connectivity index (χ2n) is 6.75. The van der Waals surface area contributed by atoms with E-state index in [0.29, 0.717) is 10.2 Å². The summed E-state index contributed by atoms with van der Waals surface area (Å²) in [6.07, 6.45) is 0. The van der Waals surface area contributed by atoms with Crippen LogP contribution in [0, 0.1) is 13.8 Å². The van der Waals surface area contributed by atoms with E-state index in [1.807, 2.05) is 78.4 Å². The molecule has 0 fully saturated rings. The lowest BCUT2D eigenvalue weighted by Gasteiger charge is -2.11. The van der Waals surface area contributed by atoms with Gasteiger partial charge < -0.3 is 5.32 Å². The number of rotatable bonds is 6. The third-order valence-electron chi connectivity index (χ3n) is 4.46. The van der Waals surface area contributed by atoms with E-state index >= 15 is 0 Å². The van der Waals surface area contributed by atoms with Crippen molar-refractivity contribution in [2.45, 2.75) is 19.0 Å². The van der Waals surface area contributed by atoms with Crippen LogP contribution in [0.4, 0.5) is 5.69 Å². The number of anilines is 1. The molecule has 2 aromatic carbocycles. The molecule has 1 amide bonds. The Bertz CT molecular complexity index is 1170. The molecule has 2 aromatic heterocycles. The van der Waals surface area contributed by atoms with Crippen LogP contribution < -0.4 is 5.32 Å². The van der Waals surface area contributed by atoms with Crippen LogP contribution in [0.5, 0.6) is 0 Å². The Kier molecular flexibility index (Phi) is 6.22. The number of aryl methyl sites for hydroxylation is 2. The summed E-state index contributed by atoms with van der Waals surface area (Å²) in [4.78, 5) is 13.6. The summed E-state index contributed by atoms with van der Waals surface area (Å²) in [5.41, 5.74) is 3.86. The number of nitrogens with one attached hydrogen (secondary N) is 1. The van der Waals surface area contributed by atoms with Gasteiger partial charge >= 0.3 is 0 Å². The fraction of sp³-hybridized carbons (Fsp3) is 0.136. The van der Waals surface area contributed by atoms with Crippen LogP contribution in [0.2, 0.25) is 5.02 Å². The molecule has 4 aromatic rings. The van der Waals surface area contributed by atoms with Gasteiger partial charge in [0.15, 0.2) is 11.0 Å². The molecule has 0 aliphatic heterocycles. The number of halogens is 1. The average molecular weight is 455 g/mol. The number of amides is 1. The summed E-state index contributed by atoms with van der Waals surface area (Å²) in [5.74, 6) is 0.880. The lowest BCUT2D eigenvalue weighted by molar-refractivity contribution is -0.113. The van der Waals surface area contributed by atoms with Gasteiger partial charge in [-0.1, -0.05) is 41.6 Å². The molecule has 30 heavy (non-hydrogen) atoms. The molecule has 0 bridgehead atoms. The van der Waals surface area contributed by atoms with Crippen LogP contribution >= 0.6 is 34.7 Å². The maximum atomic E-state index is 12.6. The van der Waals surface area contributed by atoms with Crippen molar-refractivity contribution >= 4 is 46.3 Å². The second-order valence-corrected chi connectivity index (χ2v) is 9.08. The van der Waals surface area contributed by atoms with E-state index in [2.05, 4.69) is 15.5 Å². The predicted molar refractivity (Wildman–Crippen MR) is 125 cm³/mol. The Morgan fingerprint density at radius 2 is 1.93 bits per heavy atom. The highest BCUT2D eigenvalue weighted by molar-refractivity contribution is 7.99. The van der Waals surface area contributed by atoms with Crippen molar-refractivity contribution < 1.29 is 4.79 Å². The Hall–Kier alpha value is -2.61. The summed E-state index contributed by atoms with van der Waals surface area (Å²) < 4.78 is 1.96. The Balaban J connectivity index is 1.57. The zero-order chi connectivity index (χ0) is 21.1. The van der Waals surface area contributed by atoms with Gasteiger partial charge in [-0.2, -0.15) is 0 Å². The van der Waals surface area contributed by atoms with E-state index in [4.69, 9.17) is 11.6 Å². The standard InChI is InChI=1S/C22H19ClN4OS2/c1-14-5-6-15(2)18(12-14)24-20(28)13-30-22-26-25-21(19-4-3-11-29-19)27(22)17-9-7-16(23)8-10-17/h3-12H,13H2,1-2H3,(H,24,28). The van der Waals surface area contributed by atoms with Gasteiger partial charge in [0.1, 0.15) is 0 Å². The molecule has 0 aliphatic carbocycles. The smallest absolute Gasteiger partial charge is 0.234 e. The van der Waals surface area contributed by atoms with E-state index in [9.17, 15) is 4.79 Å². The maximum absolute atomic E-state index is 12.6. The first-order chi connectivity index (χ1) is 14.5. The second kappa shape index (κ2) is 9.04. The van der Waals surface area contributed by atoms with Crippen molar-refractivity contribution in [2.75, 3.05) is 11.1 Å². The van der Waals surface area contributed by atoms with Crippen LogP contribution in [0.15, 0.2) is 65.1 Å². The van der Waals surface area contributed by atoms with Gasteiger partial charge in [-0.15, -0.1) is 21.5 Å². The van der Waals surface area contributed by atoms with Crippen molar-refractivity contribution in [2.24, 2.45) is 0 Å². The third kappa shape index (κ3) is 4.59. The SMILES string of the molecule is Cc1ccc(C)c(NC(=O)CSc2nnc(-c3cccs3)n2-c2ccc(Cl)cc2)c1. The highest BCUT2D eigenvalue weighted by Crippen LogP contribution is 2.31.